The minimum atomic E-state index is -0.472. The highest BCUT2D eigenvalue weighted by atomic mass is 14.8. The summed E-state index contributed by atoms with van der Waals surface area (Å²) in [6, 6.07) is 74.5. The van der Waals surface area contributed by atoms with Crippen LogP contribution in [-0.2, 0) is 5.41 Å². The van der Waals surface area contributed by atoms with E-state index >= 15 is 0 Å². The summed E-state index contributed by atoms with van der Waals surface area (Å²) in [6.45, 7) is 0. The topological polar surface area (TPSA) is 38.7 Å². The predicted octanol–water partition coefficient (Wildman–Crippen LogP) is 13.8. The van der Waals surface area contributed by atoms with Gasteiger partial charge in [-0.3, -0.25) is 4.98 Å². The number of fused-ring (bicyclic) bond motifs is 10. The Labute approximate surface area is 342 Å². The molecule has 0 atom stereocenters. The zero-order chi connectivity index (χ0) is 38.9. The van der Waals surface area contributed by atoms with Crippen LogP contribution < -0.4 is 0 Å². The first kappa shape index (κ1) is 33.4. The highest BCUT2D eigenvalue weighted by molar-refractivity contribution is 6.19. The Kier molecular flexibility index (Phi) is 7.45. The van der Waals surface area contributed by atoms with E-state index in [1.54, 1.807) is 0 Å². The summed E-state index contributed by atoms with van der Waals surface area (Å²) >= 11 is 0. The maximum absolute atomic E-state index is 5.38. The van der Waals surface area contributed by atoms with Gasteiger partial charge in [-0.25, -0.2) is 9.97 Å². The summed E-state index contributed by atoms with van der Waals surface area (Å²) in [6.07, 6.45) is 1.84. The molecule has 0 aliphatic heterocycles. The number of nitrogens with zero attached hydrogens (tertiary/aromatic N) is 3. The van der Waals surface area contributed by atoms with Gasteiger partial charge in [-0.2, -0.15) is 0 Å². The molecule has 0 saturated carbocycles. The van der Waals surface area contributed by atoms with Crippen molar-refractivity contribution in [1.29, 1.82) is 0 Å². The van der Waals surface area contributed by atoms with E-state index < -0.39 is 5.41 Å². The Morgan fingerprint density at radius 2 is 0.983 bits per heavy atom. The molecule has 3 nitrogen and oxygen atoms in total. The highest BCUT2D eigenvalue weighted by Crippen LogP contribution is 2.58. The van der Waals surface area contributed by atoms with Crippen molar-refractivity contribution in [1.82, 2.24) is 15.0 Å². The minimum absolute atomic E-state index is 0.472. The van der Waals surface area contributed by atoms with Crippen molar-refractivity contribution < 1.29 is 0 Å². The van der Waals surface area contributed by atoms with E-state index in [0.717, 1.165) is 71.7 Å². The Morgan fingerprint density at radius 3 is 1.73 bits per heavy atom. The zero-order valence-electron chi connectivity index (χ0n) is 32.0. The normalized spacial score (nSPS) is 12.9. The van der Waals surface area contributed by atoms with E-state index in [9.17, 15) is 0 Å². The van der Waals surface area contributed by atoms with Crippen LogP contribution in [0.15, 0.2) is 212 Å². The third-order valence-corrected chi connectivity index (χ3v) is 12.4. The summed E-state index contributed by atoms with van der Waals surface area (Å²) in [5, 5.41) is 5.74. The van der Waals surface area contributed by atoms with Gasteiger partial charge in [0.2, 0.25) is 0 Å². The third-order valence-electron chi connectivity index (χ3n) is 12.4. The summed E-state index contributed by atoms with van der Waals surface area (Å²) in [5.74, 6) is 0. The van der Waals surface area contributed by atoms with Gasteiger partial charge in [-0.05, 0) is 62.7 Å². The molecule has 0 radical (unpaired) electrons. The second kappa shape index (κ2) is 13.2. The first-order valence-electron chi connectivity index (χ1n) is 20.2. The largest absolute Gasteiger partial charge is 0.254 e. The lowest BCUT2D eigenvalue weighted by Crippen LogP contribution is -2.28. The molecule has 0 amide bonds. The molecule has 0 fully saturated rings. The van der Waals surface area contributed by atoms with E-state index in [0.29, 0.717) is 0 Å². The van der Waals surface area contributed by atoms with Gasteiger partial charge in [0.25, 0.3) is 0 Å². The fourth-order valence-electron chi connectivity index (χ4n) is 9.73. The van der Waals surface area contributed by atoms with Crippen LogP contribution in [0.5, 0.6) is 0 Å². The molecule has 0 bridgehead atoms. The number of benzene rings is 8. The second-order valence-electron chi connectivity index (χ2n) is 15.5. The van der Waals surface area contributed by atoms with E-state index in [1.807, 2.05) is 12.3 Å². The molecule has 12 rings (SSSR count). The molecule has 1 aliphatic rings. The lowest BCUT2D eigenvalue weighted by Gasteiger charge is -2.34. The monoisotopic (exact) mass is 749 g/mol. The van der Waals surface area contributed by atoms with Gasteiger partial charge in [0.1, 0.15) is 0 Å². The molecule has 59 heavy (non-hydrogen) atoms. The van der Waals surface area contributed by atoms with Crippen LogP contribution in [0, 0.1) is 0 Å². The SMILES string of the molecule is c1ccc(C2(c3ccccc3)c3ccccc3-c3c2ccc2c(-c4ccc(-c5ccc(-c6ccc7ccc8cccnc8c7n6)cc5)cc4)nc4ccccc4c32)cc1. The van der Waals surface area contributed by atoms with Crippen LogP contribution in [0.2, 0.25) is 0 Å². The van der Waals surface area contributed by atoms with Gasteiger partial charge in [-0.15, -0.1) is 0 Å². The molecule has 0 saturated heterocycles. The lowest BCUT2D eigenvalue weighted by molar-refractivity contribution is 0.769. The van der Waals surface area contributed by atoms with E-state index in [4.69, 9.17) is 9.97 Å². The molecule has 0 unspecified atom stereocenters. The predicted molar refractivity (Wildman–Crippen MR) is 243 cm³/mol. The number of rotatable bonds is 5. The number of hydrogen-bond acceptors (Lipinski definition) is 3. The second-order valence-corrected chi connectivity index (χ2v) is 15.5. The van der Waals surface area contributed by atoms with Crippen molar-refractivity contribution in [2.45, 2.75) is 5.41 Å². The fourth-order valence-corrected chi connectivity index (χ4v) is 9.73. The first-order chi connectivity index (χ1) is 29.3. The number of pyridine rings is 3. The lowest BCUT2D eigenvalue weighted by atomic mass is 9.67. The quantitative estimate of drug-likeness (QED) is 0.165. The molecule has 274 valence electrons. The standard InChI is InChI=1S/C56H35N3/c1-3-13-42(14-4-1)56(43-15-5-2-6-16-43)47-19-9-7-17-44(47)52-48(56)33-32-46-51(52)45-18-8-10-20-50(45)59-53(46)40-27-23-37(24-28-40)36-21-25-38(26-22-36)49-34-31-41-30-29-39-12-11-35-57-54(39)55(41)58-49/h1-35H. The van der Waals surface area contributed by atoms with Crippen molar-refractivity contribution in [3.8, 4) is 44.8 Å². The van der Waals surface area contributed by atoms with Gasteiger partial charge >= 0.3 is 0 Å². The molecule has 3 aromatic heterocycles. The molecule has 11 aromatic rings. The summed E-state index contributed by atoms with van der Waals surface area (Å²) in [7, 11) is 0. The molecule has 8 aromatic carbocycles. The third kappa shape index (κ3) is 5.05. The Bertz CT molecular complexity index is 3370. The molecule has 3 heterocycles. The average molecular weight is 750 g/mol. The molecular weight excluding hydrogens is 715 g/mol. The molecule has 1 aliphatic carbocycles. The van der Waals surface area contributed by atoms with Crippen molar-refractivity contribution in [3.63, 3.8) is 0 Å². The van der Waals surface area contributed by atoms with E-state index in [1.165, 1.54) is 38.8 Å². The van der Waals surface area contributed by atoms with Gasteiger partial charge in [0.15, 0.2) is 0 Å². The summed E-state index contributed by atoms with van der Waals surface area (Å²) in [4.78, 5) is 15.1. The van der Waals surface area contributed by atoms with Crippen LogP contribution in [0.3, 0.4) is 0 Å². The number of aromatic nitrogens is 3. The maximum Gasteiger partial charge on any atom is 0.0972 e. The Balaban J connectivity index is 0.984. The molecule has 0 spiro atoms. The Hall–Kier alpha value is -7.75. The van der Waals surface area contributed by atoms with Gasteiger partial charge in [0.05, 0.1) is 33.4 Å². The van der Waals surface area contributed by atoms with Crippen LogP contribution >= 0.6 is 0 Å². The fraction of sp³-hybridized carbons (Fsp3) is 0.0179. The van der Waals surface area contributed by atoms with Crippen LogP contribution in [0.25, 0.3) is 88.2 Å². The van der Waals surface area contributed by atoms with E-state index in [2.05, 4.69) is 205 Å². The van der Waals surface area contributed by atoms with Crippen LogP contribution in [0.4, 0.5) is 0 Å². The smallest absolute Gasteiger partial charge is 0.0972 e. The van der Waals surface area contributed by atoms with Gasteiger partial charge < -0.3 is 0 Å². The first-order valence-corrected chi connectivity index (χ1v) is 20.2. The number of para-hydroxylation sites is 1. The minimum Gasteiger partial charge on any atom is -0.254 e. The summed E-state index contributed by atoms with van der Waals surface area (Å²) in [5.41, 5.74) is 16.4. The van der Waals surface area contributed by atoms with Gasteiger partial charge in [-0.1, -0.05) is 188 Å². The van der Waals surface area contributed by atoms with E-state index in [-0.39, 0.29) is 0 Å². The summed E-state index contributed by atoms with van der Waals surface area (Å²) < 4.78 is 0. The van der Waals surface area contributed by atoms with Crippen molar-refractivity contribution in [3.05, 3.63) is 235 Å². The van der Waals surface area contributed by atoms with Gasteiger partial charge in [0, 0.05) is 44.3 Å². The van der Waals surface area contributed by atoms with Crippen LogP contribution in [-0.4, -0.2) is 15.0 Å². The highest BCUT2D eigenvalue weighted by Gasteiger charge is 2.46. The maximum atomic E-state index is 5.38. The average Bonchev–Trinajstić information content (AvgIpc) is 3.63. The van der Waals surface area contributed by atoms with Crippen LogP contribution in [0.1, 0.15) is 22.3 Å². The van der Waals surface area contributed by atoms with Crippen molar-refractivity contribution in [2.75, 3.05) is 0 Å². The van der Waals surface area contributed by atoms with Crippen molar-refractivity contribution in [2.24, 2.45) is 0 Å². The number of hydrogen-bond donors (Lipinski definition) is 0. The molecule has 0 N–H and O–H groups in total. The zero-order valence-corrected chi connectivity index (χ0v) is 32.0. The molecular formula is C56H35N3. The van der Waals surface area contributed by atoms with Crippen molar-refractivity contribution >= 4 is 43.5 Å². The Morgan fingerprint density at radius 1 is 0.373 bits per heavy atom. The molecule has 3 heteroatoms.